The number of halogens is 1. The fourth-order valence-corrected chi connectivity index (χ4v) is 4.29. The Morgan fingerprint density at radius 1 is 1.36 bits per heavy atom. The van der Waals surface area contributed by atoms with Gasteiger partial charge in [-0.25, -0.2) is 13.1 Å². The molecule has 1 fully saturated rings. The third-order valence-corrected chi connectivity index (χ3v) is 6.23. The van der Waals surface area contributed by atoms with Crippen LogP contribution in [0, 0.1) is 0 Å². The van der Waals surface area contributed by atoms with E-state index in [0.29, 0.717) is 6.61 Å². The normalized spacial score (nSPS) is 17.8. The van der Waals surface area contributed by atoms with E-state index in [-0.39, 0.29) is 40.1 Å². The average molecular weight is 389 g/mol. The molecular formula is C17H25ClN2O4S. The first-order valence-electron chi connectivity index (χ1n) is 8.59. The van der Waals surface area contributed by atoms with Gasteiger partial charge in [0.05, 0.1) is 11.1 Å². The summed E-state index contributed by atoms with van der Waals surface area (Å²) in [5.41, 5.74) is 0.272. The van der Waals surface area contributed by atoms with Gasteiger partial charge in [-0.2, -0.15) is 0 Å². The lowest BCUT2D eigenvalue weighted by molar-refractivity contribution is 0.0934. The number of ether oxygens (including phenoxy) is 1. The molecule has 1 aromatic rings. The Labute approximate surface area is 154 Å². The first kappa shape index (κ1) is 20.2. The van der Waals surface area contributed by atoms with Crippen LogP contribution in [-0.4, -0.2) is 39.6 Å². The highest BCUT2D eigenvalue weighted by molar-refractivity contribution is 7.89. The van der Waals surface area contributed by atoms with Gasteiger partial charge in [0.1, 0.15) is 4.90 Å². The van der Waals surface area contributed by atoms with Gasteiger partial charge < -0.3 is 10.1 Å². The van der Waals surface area contributed by atoms with Crippen molar-refractivity contribution in [2.45, 2.75) is 56.6 Å². The van der Waals surface area contributed by atoms with Gasteiger partial charge in [-0.15, -0.1) is 0 Å². The molecule has 0 aliphatic carbocycles. The maximum atomic E-state index is 12.5. The van der Waals surface area contributed by atoms with Gasteiger partial charge in [0.2, 0.25) is 10.0 Å². The Hall–Kier alpha value is -1.15. The van der Waals surface area contributed by atoms with Crippen molar-refractivity contribution in [3.8, 4) is 0 Å². The van der Waals surface area contributed by atoms with E-state index in [1.807, 2.05) is 13.8 Å². The molecule has 1 aliphatic rings. The first-order valence-corrected chi connectivity index (χ1v) is 10.4. The lowest BCUT2D eigenvalue weighted by atomic mass is 10.1. The highest BCUT2D eigenvalue weighted by atomic mass is 35.5. The van der Waals surface area contributed by atoms with E-state index in [1.165, 1.54) is 18.2 Å². The maximum absolute atomic E-state index is 12.5. The minimum Gasteiger partial charge on any atom is -0.377 e. The van der Waals surface area contributed by atoms with Crippen LogP contribution in [0.3, 0.4) is 0 Å². The van der Waals surface area contributed by atoms with Crippen LogP contribution in [0.5, 0.6) is 0 Å². The second-order valence-electron chi connectivity index (χ2n) is 6.12. The Balaban J connectivity index is 2.15. The zero-order valence-corrected chi connectivity index (χ0v) is 16.1. The first-order chi connectivity index (χ1) is 11.9. The summed E-state index contributed by atoms with van der Waals surface area (Å²) in [6, 6.07) is 4.34. The molecule has 140 valence electrons. The predicted octanol–water partition coefficient (Wildman–Crippen LogP) is 2.72. The molecule has 0 aromatic heterocycles. The quantitative estimate of drug-likeness (QED) is 0.717. The number of sulfonamides is 1. The van der Waals surface area contributed by atoms with Gasteiger partial charge in [-0.1, -0.05) is 25.4 Å². The van der Waals surface area contributed by atoms with Crippen LogP contribution >= 0.6 is 11.6 Å². The predicted molar refractivity (Wildman–Crippen MR) is 97.5 cm³/mol. The van der Waals surface area contributed by atoms with Crippen molar-refractivity contribution in [3.63, 3.8) is 0 Å². The largest absolute Gasteiger partial charge is 0.377 e. The molecule has 1 unspecified atom stereocenters. The fraction of sp³-hybridized carbons (Fsp3) is 0.588. The van der Waals surface area contributed by atoms with Crippen molar-refractivity contribution in [2.75, 3.05) is 13.2 Å². The van der Waals surface area contributed by atoms with Crippen LogP contribution in [0.4, 0.5) is 0 Å². The van der Waals surface area contributed by atoms with Gasteiger partial charge in [0.25, 0.3) is 5.91 Å². The minimum atomic E-state index is -3.82. The molecule has 0 spiro atoms. The fourth-order valence-electron chi connectivity index (χ4n) is 2.70. The Bertz CT molecular complexity index is 699. The van der Waals surface area contributed by atoms with Crippen LogP contribution in [0.1, 0.15) is 49.9 Å². The van der Waals surface area contributed by atoms with Crippen LogP contribution in [0.2, 0.25) is 5.02 Å². The molecule has 2 N–H and O–H groups in total. The number of hydrogen-bond acceptors (Lipinski definition) is 4. The zero-order valence-electron chi connectivity index (χ0n) is 14.5. The molecule has 1 saturated heterocycles. The van der Waals surface area contributed by atoms with Crippen molar-refractivity contribution in [1.29, 1.82) is 0 Å². The summed E-state index contributed by atoms with van der Waals surface area (Å²) in [7, 11) is -3.82. The Kier molecular flexibility index (Phi) is 7.25. The van der Waals surface area contributed by atoms with Crippen LogP contribution in [0.25, 0.3) is 0 Å². The molecule has 0 bridgehead atoms. The third-order valence-electron chi connectivity index (χ3n) is 4.33. The van der Waals surface area contributed by atoms with Crippen molar-refractivity contribution >= 4 is 27.5 Å². The molecule has 1 heterocycles. The van der Waals surface area contributed by atoms with Crippen LogP contribution in [-0.2, 0) is 14.8 Å². The smallest absolute Gasteiger partial charge is 0.251 e. The summed E-state index contributed by atoms with van der Waals surface area (Å²) in [5, 5.41) is 2.97. The third kappa shape index (κ3) is 5.41. The molecule has 0 saturated carbocycles. The van der Waals surface area contributed by atoms with Gasteiger partial charge in [0, 0.05) is 24.8 Å². The minimum absolute atomic E-state index is 0.0564. The molecule has 25 heavy (non-hydrogen) atoms. The van der Waals surface area contributed by atoms with Gasteiger partial charge >= 0.3 is 0 Å². The molecule has 1 aliphatic heterocycles. The molecule has 2 rings (SSSR count). The van der Waals surface area contributed by atoms with Crippen LogP contribution in [0.15, 0.2) is 23.1 Å². The van der Waals surface area contributed by atoms with Crippen LogP contribution < -0.4 is 10.0 Å². The summed E-state index contributed by atoms with van der Waals surface area (Å²) < 4.78 is 33.0. The Morgan fingerprint density at radius 2 is 2.08 bits per heavy atom. The van der Waals surface area contributed by atoms with Crippen molar-refractivity contribution in [2.24, 2.45) is 0 Å². The maximum Gasteiger partial charge on any atom is 0.251 e. The molecule has 1 amide bonds. The molecule has 1 aromatic carbocycles. The summed E-state index contributed by atoms with van der Waals surface area (Å²) in [6.45, 7) is 4.82. The standard InChI is InChI=1S/C17H25ClN2O4S/c1-3-13(4-2)20-17(21)12-7-8-15(18)16(10-12)25(22,23)19-11-14-6-5-9-24-14/h7-8,10,13-14,19H,3-6,9,11H2,1-2H3,(H,20,21). The summed E-state index contributed by atoms with van der Waals surface area (Å²) in [6.07, 6.45) is 3.26. The number of carbonyl (C=O) groups is 1. The molecule has 8 heteroatoms. The number of nitrogens with one attached hydrogen (secondary N) is 2. The number of amides is 1. The summed E-state index contributed by atoms with van der Waals surface area (Å²) in [4.78, 5) is 12.2. The molecular weight excluding hydrogens is 364 g/mol. The monoisotopic (exact) mass is 388 g/mol. The summed E-state index contributed by atoms with van der Waals surface area (Å²) in [5.74, 6) is -0.305. The lowest BCUT2D eigenvalue weighted by Gasteiger charge is -2.16. The van der Waals surface area contributed by atoms with E-state index < -0.39 is 10.0 Å². The highest BCUT2D eigenvalue weighted by Crippen LogP contribution is 2.23. The van der Waals surface area contributed by atoms with E-state index >= 15 is 0 Å². The zero-order chi connectivity index (χ0) is 18.4. The van der Waals surface area contributed by atoms with Gasteiger partial charge in [0.15, 0.2) is 0 Å². The number of hydrogen-bond donors (Lipinski definition) is 2. The number of benzene rings is 1. The van der Waals surface area contributed by atoms with E-state index in [0.717, 1.165) is 25.7 Å². The average Bonchev–Trinajstić information content (AvgIpc) is 3.11. The molecule has 0 radical (unpaired) electrons. The second-order valence-corrected chi connectivity index (χ2v) is 8.26. The lowest BCUT2D eigenvalue weighted by Crippen LogP contribution is -2.34. The molecule has 1 atom stereocenters. The van der Waals surface area contributed by atoms with Gasteiger partial charge in [-0.3, -0.25) is 4.79 Å². The second kappa shape index (κ2) is 8.98. The topological polar surface area (TPSA) is 84.5 Å². The van der Waals surface area contributed by atoms with Crippen molar-refractivity contribution in [3.05, 3.63) is 28.8 Å². The summed E-state index contributed by atoms with van der Waals surface area (Å²) >= 11 is 6.06. The SMILES string of the molecule is CCC(CC)NC(=O)c1ccc(Cl)c(S(=O)(=O)NCC2CCCO2)c1. The van der Waals surface area contributed by atoms with E-state index in [4.69, 9.17) is 16.3 Å². The van der Waals surface area contributed by atoms with Crippen molar-refractivity contribution < 1.29 is 17.9 Å². The molecule has 6 nitrogen and oxygen atoms in total. The highest BCUT2D eigenvalue weighted by Gasteiger charge is 2.23. The number of rotatable bonds is 8. The van der Waals surface area contributed by atoms with Gasteiger partial charge in [-0.05, 0) is 43.9 Å². The Morgan fingerprint density at radius 3 is 2.68 bits per heavy atom. The van der Waals surface area contributed by atoms with Crippen molar-refractivity contribution in [1.82, 2.24) is 10.0 Å². The van der Waals surface area contributed by atoms with E-state index in [9.17, 15) is 13.2 Å². The van der Waals surface area contributed by atoms with E-state index in [2.05, 4.69) is 10.0 Å². The number of carbonyl (C=O) groups excluding carboxylic acids is 1. The van der Waals surface area contributed by atoms with E-state index in [1.54, 1.807) is 0 Å².